The Morgan fingerprint density at radius 1 is 1.19 bits per heavy atom. The lowest BCUT2D eigenvalue weighted by Gasteiger charge is -2.14. The van der Waals surface area contributed by atoms with Gasteiger partial charge in [0.15, 0.2) is 0 Å². The van der Waals surface area contributed by atoms with Crippen LogP contribution in [0.2, 0.25) is 0 Å². The fourth-order valence-corrected chi connectivity index (χ4v) is 2.39. The number of benzene rings is 2. The molecule has 1 aromatic heterocycles. The van der Waals surface area contributed by atoms with Crippen molar-refractivity contribution in [2.45, 2.75) is 13.0 Å². The molecule has 1 heterocycles. The molecule has 4 heteroatoms. The molecule has 0 radical (unpaired) electrons. The van der Waals surface area contributed by atoms with Gasteiger partial charge in [0.05, 0.1) is 11.6 Å². The second-order valence-electron chi connectivity index (χ2n) is 5.00. The molecule has 1 unspecified atom stereocenters. The van der Waals surface area contributed by atoms with Crippen LogP contribution in [0.25, 0.3) is 10.9 Å². The van der Waals surface area contributed by atoms with Gasteiger partial charge in [0.25, 0.3) is 5.91 Å². The Hall–Kier alpha value is -2.62. The number of para-hydroxylation sites is 1. The second kappa shape index (κ2) is 5.40. The zero-order chi connectivity index (χ0) is 14.8. The van der Waals surface area contributed by atoms with E-state index in [1.165, 1.54) is 12.1 Å². The summed E-state index contributed by atoms with van der Waals surface area (Å²) >= 11 is 0. The first-order valence-corrected chi connectivity index (χ1v) is 6.77. The third kappa shape index (κ3) is 2.65. The van der Waals surface area contributed by atoms with Gasteiger partial charge in [-0.05, 0) is 30.7 Å². The number of nitrogens with one attached hydrogen (secondary N) is 2. The molecule has 1 atom stereocenters. The van der Waals surface area contributed by atoms with Gasteiger partial charge < -0.3 is 10.3 Å². The van der Waals surface area contributed by atoms with Gasteiger partial charge >= 0.3 is 0 Å². The SMILES string of the molecule is CC(NC(=O)c1c[nH]c2ccccc12)c1cccc(F)c1. The highest BCUT2D eigenvalue weighted by Crippen LogP contribution is 2.19. The van der Waals surface area contributed by atoms with E-state index in [1.807, 2.05) is 31.2 Å². The zero-order valence-electron chi connectivity index (χ0n) is 11.6. The van der Waals surface area contributed by atoms with Gasteiger partial charge in [-0.2, -0.15) is 0 Å². The van der Waals surface area contributed by atoms with Crippen LogP contribution in [0.5, 0.6) is 0 Å². The molecule has 3 aromatic rings. The van der Waals surface area contributed by atoms with Crippen molar-refractivity contribution in [2.75, 3.05) is 0 Å². The molecule has 0 saturated carbocycles. The van der Waals surface area contributed by atoms with Crippen molar-refractivity contribution in [3.8, 4) is 0 Å². The second-order valence-corrected chi connectivity index (χ2v) is 5.00. The number of amides is 1. The summed E-state index contributed by atoms with van der Waals surface area (Å²) in [6, 6.07) is 13.6. The van der Waals surface area contributed by atoms with E-state index >= 15 is 0 Å². The van der Waals surface area contributed by atoms with E-state index in [4.69, 9.17) is 0 Å². The van der Waals surface area contributed by atoms with Crippen LogP contribution in [0.15, 0.2) is 54.7 Å². The smallest absolute Gasteiger partial charge is 0.253 e. The molecule has 3 rings (SSSR count). The standard InChI is InChI=1S/C17H15FN2O/c1-11(12-5-4-6-13(18)9-12)20-17(21)15-10-19-16-8-3-2-7-14(15)16/h2-11,19H,1H3,(H,20,21). The highest BCUT2D eigenvalue weighted by molar-refractivity contribution is 6.06. The van der Waals surface area contributed by atoms with Crippen LogP contribution in [0.3, 0.4) is 0 Å². The third-order valence-electron chi connectivity index (χ3n) is 3.53. The van der Waals surface area contributed by atoms with E-state index in [2.05, 4.69) is 10.3 Å². The van der Waals surface area contributed by atoms with E-state index in [-0.39, 0.29) is 17.8 Å². The number of carbonyl (C=O) groups excluding carboxylic acids is 1. The summed E-state index contributed by atoms with van der Waals surface area (Å²) in [6.07, 6.45) is 1.69. The molecule has 0 fully saturated rings. The Balaban J connectivity index is 1.83. The topological polar surface area (TPSA) is 44.9 Å². The Morgan fingerprint density at radius 3 is 2.81 bits per heavy atom. The first kappa shape index (κ1) is 13.4. The van der Waals surface area contributed by atoms with Crippen molar-refractivity contribution in [1.29, 1.82) is 0 Å². The lowest BCUT2D eigenvalue weighted by atomic mass is 10.1. The zero-order valence-corrected chi connectivity index (χ0v) is 11.6. The molecule has 21 heavy (non-hydrogen) atoms. The van der Waals surface area contributed by atoms with Crippen LogP contribution in [-0.2, 0) is 0 Å². The van der Waals surface area contributed by atoms with Crippen LogP contribution in [0.4, 0.5) is 4.39 Å². The monoisotopic (exact) mass is 282 g/mol. The molecule has 1 amide bonds. The van der Waals surface area contributed by atoms with E-state index < -0.39 is 0 Å². The molecule has 0 aliphatic carbocycles. The van der Waals surface area contributed by atoms with Crippen LogP contribution < -0.4 is 5.32 Å². The van der Waals surface area contributed by atoms with Crippen LogP contribution in [0.1, 0.15) is 28.9 Å². The van der Waals surface area contributed by atoms with E-state index in [0.717, 1.165) is 16.5 Å². The predicted molar refractivity (Wildman–Crippen MR) is 80.6 cm³/mol. The summed E-state index contributed by atoms with van der Waals surface area (Å²) in [4.78, 5) is 15.4. The normalized spacial score (nSPS) is 12.3. The van der Waals surface area contributed by atoms with Gasteiger partial charge in [0.1, 0.15) is 5.82 Å². The Labute approximate surface area is 121 Å². The van der Waals surface area contributed by atoms with Crippen LogP contribution >= 0.6 is 0 Å². The van der Waals surface area contributed by atoms with Gasteiger partial charge in [0, 0.05) is 17.1 Å². The third-order valence-corrected chi connectivity index (χ3v) is 3.53. The van der Waals surface area contributed by atoms with Gasteiger partial charge in [-0.15, -0.1) is 0 Å². The number of halogens is 1. The van der Waals surface area contributed by atoms with Gasteiger partial charge in [0.2, 0.25) is 0 Å². The average Bonchev–Trinajstić information content (AvgIpc) is 2.91. The number of rotatable bonds is 3. The fraction of sp³-hybridized carbons (Fsp3) is 0.118. The van der Waals surface area contributed by atoms with Gasteiger partial charge in [-0.3, -0.25) is 4.79 Å². The molecule has 0 spiro atoms. The molecule has 106 valence electrons. The molecule has 0 saturated heterocycles. The molecule has 0 bridgehead atoms. The maximum atomic E-state index is 13.2. The quantitative estimate of drug-likeness (QED) is 0.754. The highest BCUT2D eigenvalue weighted by Gasteiger charge is 2.15. The minimum atomic E-state index is -0.305. The first-order valence-electron chi connectivity index (χ1n) is 6.77. The minimum absolute atomic E-state index is 0.177. The van der Waals surface area contributed by atoms with Crippen molar-refractivity contribution in [2.24, 2.45) is 0 Å². The summed E-state index contributed by atoms with van der Waals surface area (Å²) in [7, 11) is 0. The van der Waals surface area contributed by atoms with E-state index in [1.54, 1.807) is 18.3 Å². The number of hydrogen-bond donors (Lipinski definition) is 2. The van der Waals surface area contributed by atoms with Crippen molar-refractivity contribution < 1.29 is 9.18 Å². The van der Waals surface area contributed by atoms with E-state index in [0.29, 0.717) is 5.56 Å². The Bertz CT molecular complexity index is 794. The minimum Gasteiger partial charge on any atom is -0.360 e. The summed E-state index contributed by atoms with van der Waals surface area (Å²) in [5, 5.41) is 3.77. The fourth-order valence-electron chi connectivity index (χ4n) is 2.39. The number of aromatic nitrogens is 1. The van der Waals surface area contributed by atoms with Gasteiger partial charge in [-0.1, -0.05) is 30.3 Å². The summed E-state index contributed by atoms with van der Waals surface area (Å²) in [5.74, 6) is -0.482. The molecular weight excluding hydrogens is 267 g/mol. The van der Waals surface area contributed by atoms with Crippen LogP contribution in [-0.4, -0.2) is 10.9 Å². The number of aromatic amines is 1. The number of fused-ring (bicyclic) bond motifs is 1. The molecular formula is C17H15FN2O. The molecule has 0 aliphatic heterocycles. The average molecular weight is 282 g/mol. The first-order chi connectivity index (χ1) is 10.1. The molecule has 0 aliphatic rings. The Kier molecular flexibility index (Phi) is 3.44. The summed E-state index contributed by atoms with van der Waals surface area (Å²) < 4.78 is 13.2. The predicted octanol–water partition coefficient (Wildman–Crippen LogP) is 3.80. The lowest BCUT2D eigenvalue weighted by molar-refractivity contribution is 0.0941. The van der Waals surface area contributed by atoms with Crippen molar-refractivity contribution in [3.63, 3.8) is 0 Å². The Morgan fingerprint density at radius 2 is 2.00 bits per heavy atom. The number of hydrogen-bond acceptors (Lipinski definition) is 1. The van der Waals surface area contributed by atoms with Crippen molar-refractivity contribution in [1.82, 2.24) is 10.3 Å². The summed E-state index contributed by atoms with van der Waals surface area (Å²) in [6.45, 7) is 1.83. The number of H-pyrrole nitrogens is 1. The van der Waals surface area contributed by atoms with E-state index in [9.17, 15) is 9.18 Å². The molecule has 2 aromatic carbocycles. The molecule has 3 nitrogen and oxygen atoms in total. The van der Waals surface area contributed by atoms with Crippen LogP contribution in [0, 0.1) is 5.82 Å². The number of carbonyl (C=O) groups is 1. The molecule has 2 N–H and O–H groups in total. The summed E-state index contributed by atoms with van der Waals surface area (Å²) in [5.41, 5.74) is 2.25. The van der Waals surface area contributed by atoms with Gasteiger partial charge in [-0.25, -0.2) is 4.39 Å². The van der Waals surface area contributed by atoms with Crippen molar-refractivity contribution >= 4 is 16.8 Å². The van der Waals surface area contributed by atoms with Crippen molar-refractivity contribution in [3.05, 3.63) is 71.7 Å². The maximum absolute atomic E-state index is 13.2. The largest absolute Gasteiger partial charge is 0.360 e. The highest BCUT2D eigenvalue weighted by atomic mass is 19.1. The lowest BCUT2D eigenvalue weighted by Crippen LogP contribution is -2.26. The maximum Gasteiger partial charge on any atom is 0.253 e.